The van der Waals surface area contributed by atoms with Crippen molar-refractivity contribution < 1.29 is 14.2 Å². The first-order chi connectivity index (χ1) is 10.5. The molecule has 2 heterocycles. The number of thiophene rings is 1. The lowest BCUT2D eigenvalue weighted by atomic mass is 10.0. The van der Waals surface area contributed by atoms with Crippen molar-refractivity contribution in [1.82, 2.24) is 0 Å². The third-order valence-electron chi connectivity index (χ3n) is 4.12. The van der Waals surface area contributed by atoms with E-state index in [1.807, 2.05) is 19.1 Å². The molecule has 4 heteroatoms. The summed E-state index contributed by atoms with van der Waals surface area (Å²) in [6, 6.07) is 8.83. The van der Waals surface area contributed by atoms with E-state index >= 15 is 0 Å². The van der Waals surface area contributed by atoms with Gasteiger partial charge >= 0.3 is 0 Å². The third kappa shape index (κ3) is 3.57. The topological polar surface area (TPSA) is 29.5 Å². The van der Waals surface area contributed by atoms with Crippen LogP contribution >= 0.6 is 11.3 Å². The molecule has 3 atom stereocenters. The zero-order chi connectivity index (χ0) is 15.7. The highest BCUT2D eigenvalue weighted by molar-refractivity contribution is 7.12. The van der Waals surface area contributed by atoms with Gasteiger partial charge < -0.3 is 9.84 Å². The highest BCUT2D eigenvalue weighted by Gasteiger charge is 2.28. The largest absolute Gasteiger partial charge is 0.393 e. The van der Waals surface area contributed by atoms with Gasteiger partial charge in [-0.15, -0.1) is 11.3 Å². The molecule has 1 aliphatic rings. The molecule has 1 aromatic heterocycles. The van der Waals surface area contributed by atoms with Gasteiger partial charge in [-0.1, -0.05) is 12.1 Å². The van der Waals surface area contributed by atoms with Crippen molar-refractivity contribution in [2.24, 2.45) is 0 Å². The quantitative estimate of drug-likeness (QED) is 0.909. The monoisotopic (exact) mass is 320 g/mol. The summed E-state index contributed by atoms with van der Waals surface area (Å²) >= 11 is 1.74. The number of benzene rings is 1. The molecule has 0 saturated carbocycles. The molecule has 0 spiro atoms. The lowest BCUT2D eigenvalue weighted by Crippen LogP contribution is -2.28. The average molecular weight is 320 g/mol. The van der Waals surface area contributed by atoms with Crippen LogP contribution in [0.1, 0.15) is 46.8 Å². The molecule has 1 aromatic carbocycles. The molecule has 2 aromatic rings. The highest BCUT2D eigenvalue weighted by atomic mass is 32.1. The first-order valence-corrected chi connectivity index (χ1v) is 8.50. The van der Waals surface area contributed by atoms with Crippen molar-refractivity contribution in [1.29, 1.82) is 0 Å². The molecule has 0 aliphatic carbocycles. The van der Waals surface area contributed by atoms with Crippen molar-refractivity contribution in [3.8, 4) is 0 Å². The smallest absolute Gasteiger partial charge is 0.123 e. The van der Waals surface area contributed by atoms with Gasteiger partial charge in [0.1, 0.15) is 5.82 Å². The van der Waals surface area contributed by atoms with Crippen LogP contribution in [0, 0.1) is 12.7 Å². The summed E-state index contributed by atoms with van der Waals surface area (Å²) in [5.41, 5.74) is 2.34. The van der Waals surface area contributed by atoms with E-state index in [0.29, 0.717) is 12.8 Å². The van der Waals surface area contributed by atoms with Gasteiger partial charge in [-0.2, -0.15) is 0 Å². The zero-order valence-corrected chi connectivity index (χ0v) is 13.7. The van der Waals surface area contributed by atoms with E-state index in [4.69, 9.17) is 4.74 Å². The maximum Gasteiger partial charge on any atom is 0.123 e. The molecule has 1 saturated heterocycles. The fourth-order valence-corrected chi connectivity index (χ4v) is 4.23. The predicted molar refractivity (Wildman–Crippen MR) is 86.8 cm³/mol. The second kappa shape index (κ2) is 6.49. The zero-order valence-electron chi connectivity index (χ0n) is 12.9. The molecule has 3 rings (SSSR count). The summed E-state index contributed by atoms with van der Waals surface area (Å²) in [7, 11) is 0. The van der Waals surface area contributed by atoms with Crippen LogP contribution in [0.25, 0.3) is 0 Å². The normalized spacial score (nSPS) is 25.4. The summed E-state index contributed by atoms with van der Waals surface area (Å²) in [4.78, 5) is 2.46. The van der Waals surface area contributed by atoms with Crippen LogP contribution in [0.4, 0.5) is 4.39 Å². The van der Waals surface area contributed by atoms with Crippen molar-refractivity contribution in [2.75, 3.05) is 0 Å². The minimum absolute atomic E-state index is 0.00980. The van der Waals surface area contributed by atoms with Gasteiger partial charge in [0, 0.05) is 22.6 Å². The molecule has 1 fully saturated rings. The Balaban J connectivity index is 1.77. The van der Waals surface area contributed by atoms with Gasteiger partial charge in [0.25, 0.3) is 0 Å². The second-order valence-electron chi connectivity index (χ2n) is 6.12. The summed E-state index contributed by atoms with van der Waals surface area (Å²) < 4.78 is 19.0. The standard InChI is InChI=1S/C18H21FO2S/c1-11-7-18(16-10-15(20)8-12(2)21-16)22-17(11)9-13-3-5-14(19)6-4-13/h3-7,12,15-16,20H,8-10H2,1-2H3. The number of rotatable bonds is 3. The van der Waals surface area contributed by atoms with Crippen LogP contribution in [0.2, 0.25) is 0 Å². The summed E-state index contributed by atoms with van der Waals surface area (Å²) in [6.45, 7) is 4.11. The van der Waals surface area contributed by atoms with E-state index in [9.17, 15) is 9.50 Å². The molecule has 0 amide bonds. The van der Waals surface area contributed by atoms with Crippen molar-refractivity contribution in [3.63, 3.8) is 0 Å². The minimum atomic E-state index is -0.281. The van der Waals surface area contributed by atoms with Crippen LogP contribution in [-0.2, 0) is 11.2 Å². The highest BCUT2D eigenvalue weighted by Crippen LogP contribution is 2.37. The first-order valence-electron chi connectivity index (χ1n) is 7.68. The molecule has 118 valence electrons. The Morgan fingerprint density at radius 1 is 1.27 bits per heavy atom. The Morgan fingerprint density at radius 3 is 2.68 bits per heavy atom. The van der Waals surface area contributed by atoms with Crippen molar-refractivity contribution >= 4 is 11.3 Å². The van der Waals surface area contributed by atoms with Crippen LogP contribution in [0.3, 0.4) is 0 Å². The van der Waals surface area contributed by atoms with E-state index < -0.39 is 0 Å². The molecule has 2 nitrogen and oxygen atoms in total. The van der Waals surface area contributed by atoms with Crippen LogP contribution in [-0.4, -0.2) is 17.3 Å². The maximum atomic E-state index is 13.0. The number of hydrogen-bond acceptors (Lipinski definition) is 3. The van der Waals surface area contributed by atoms with Gasteiger partial charge in [0.2, 0.25) is 0 Å². The average Bonchev–Trinajstić information content (AvgIpc) is 2.82. The lowest BCUT2D eigenvalue weighted by molar-refractivity contribution is -0.0881. The molecular formula is C18H21FO2S. The molecule has 22 heavy (non-hydrogen) atoms. The van der Waals surface area contributed by atoms with E-state index in [0.717, 1.165) is 12.0 Å². The number of aliphatic hydroxyl groups is 1. The Morgan fingerprint density at radius 2 is 2.00 bits per heavy atom. The SMILES string of the molecule is Cc1cc(C2CC(O)CC(C)O2)sc1Cc1ccc(F)cc1. The van der Waals surface area contributed by atoms with Crippen LogP contribution in [0.15, 0.2) is 30.3 Å². The predicted octanol–water partition coefficient (Wildman–Crippen LogP) is 4.39. The maximum absolute atomic E-state index is 13.0. The Kier molecular flexibility index (Phi) is 4.62. The number of aliphatic hydroxyl groups excluding tert-OH is 1. The Hall–Kier alpha value is -1.23. The van der Waals surface area contributed by atoms with E-state index in [1.165, 1.54) is 27.5 Å². The van der Waals surface area contributed by atoms with Gasteiger partial charge in [-0.05, 0) is 49.6 Å². The number of hydrogen-bond donors (Lipinski definition) is 1. The first kappa shape index (κ1) is 15.7. The molecule has 0 bridgehead atoms. The molecule has 3 unspecified atom stereocenters. The molecule has 0 radical (unpaired) electrons. The summed E-state index contributed by atoms with van der Waals surface area (Å²) in [6.07, 6.45) is 1.99. The van der Waals surface area contributed by atoms with Gasteiger partial charge in [0.15, 0.2) is 0 Å². The Bertz CT molecular complexity index is 625. The van der Waals surface area contributed by atoms with E-state index in [1.54, 1.807) is 11.3 Å². The fraction of sp³-hybridized carbons (Fsp3) is 0.444. The van der Waals surface area contributed by atoms with Gasteiger partial charge in [-0.25, -0.2) is 4.39 Å². The minimum Gasteiger partial charge on any atom is -0.393 e. The van der Waals surface area contributed by atoms with Crippen molar-refractivity contribution in [2.45, 2.75) is 51.4 Å². The number of ether oxygens (including phenoxy) is 1. The van der Waals surface area contributed by atoms with Crippen LogP contribution < -0.4 is 0 Å². The molecular weight excluding hydrogens is 299 g/mol. The fourth-order valence-electron chi connectivity index (χ4n) is 2.97. The van der Waals surface area contributed by atoms with E-state index in [2.05, 4.69) is 13.0 Å². The second-order valence-corrected chi connectivity index (χ2v) is 7.29. The summed E-state index contributed by atoms with van der Waals surface area (Å²) in [5, 5.41) is 9.94. The third-order valence-corrected chi connectivity index (χ3v) is 5.45. The van der Waals surface area contributed by atoms with E-state index in [-0.39, 0.29) is 24.1 Å². The Labute approximate surface area is 134 Å². The lowest BCUT2D eigenvalue weighted by Gasteiger charge is -2.30. The number of halogens is 1. The molecule has 1 aliphatic heterocycles. The van der Waals surface area contributed by atoms with Gasteiger partial charge in [0.05, 0.1) is 18.3 Å². The van der Waals surface area contributed by atoms with Gasteiger partial charge in [-0.3, -0.25) is 0 Å². The van der Waals surface area contributed by atoms with Crippen molar-refractivity contribution in [3.05, 3.63) is 57.0 Å². The van der Waals surface area contributed by atoms with Crippen LogP contribution in [0.5, 0.6) is 0 Å². The molecule has 1 N–H and O–H groups in total. The summed E-state index contributed by atoms with van der Waals surface area (Å²) in [5.74, 6) is -0.203. The number of aryl methyl sites for hydroxylation is 1.